The van der Waals surface area contributed by atoms with Gasteiger partial charge >= 0.3 is 28.1 Å². The van der Waals surface area contributed by atoms with Crippen LogP contribution in [0.4, 0.5) is 4.79 Å². The third-order valence-electron chi connectivity index (χ3n) is 5.49. The molecule has 184 valence electrons. The Balaban J connectivity index is 1.81. The Hall–Kier alpha value is -3.56. The Kier molecular flexibility index (Phi) is 6.90. The number of benzene rings is 1. The zero-order chi connectivity index (χ0) is 25.3. The van der Waals surface area contributed by atoms with Crippen molar-refractivity contribution in [3.8, 4) is 0 Å². The minimum Gasteiger partial charge on any atom is -0.349 e. The van der Waals surface area contributed by atoms with Crippen LogP contribution in [0, 0.1) is 0 Å². The van der Waals surface area contributed by atoms with Crippen LogP contribution >= 0.6 is 0 Å². The summed E-state index contributed by atoms with van der Waals surface area (Å²) in [6.45, 7) is 1.32. The normalized spacial score (nSPS) is 21.7. The van der Waals surface area contributed by atoms with Gasteiger partial charge in [0.15, 0.2) is 0 Å². The van der Waals surface area contributed by atoms with Gasteiger partial charge in [0, 0.05) is 26.7 Å². The van der Waals surface area contributed by atoms with Crippen LogP contribution in [0.2, 0.25) is 0 Å². The van der Waals surface area contributed by atoms with Gasteiger partial charge in [0.25, 0.3) is 5.91 Å². The summed E-state index contributed by atoms with van der Waals surface area (Å²) in [6, 6.07) is 5.36. The second-order valence-electron chi connectivity index (χ2n) is 7.44. The zero-order valence-electron chi connectivity index (χ0n) is 18.3. The Morgan fingerprint density at radius 2 is 1.79 bits per heavy atom. The number of nitrogens with one attached hydrogen (secondary N) is 2. The second-order valence-corrected chi connectivity index (χ2v) is 8.78. The van der Waals surface area contributed by atoms with Gasteiger partial charge in [0.2, 0.25) is 11.6 Å². The minimum atomic E-state index is -4.85. The number of hydrogen-bond donors (Lipinski definition) is 3. The Labute approximate surface area is 194 Å². The van der Waals surface area contributed by atoms with Gasteiger partial charge < -0.3 is 20.3 Å². The molecule has 3 N–H and O–H groups in total. The first-order chi connectivity index (χ1) is 15.9. The third-order valence-corrected chi connectivity index (χ3v) is 6.34. The van der Waals surface area contributed by atoms with Gasteiger partial charge in [-0.1, -0.05) is 30.3 Å². The summed E-state index contributed by atoms with van der Waals surface area (Å²) in [5.74, 6) is -4.10. The van der Waals surface area contributed by atoms with Crippen LogP contribution in [0.15, 0.2) is 30.3 Å². The van der Waals surface area contributed by atoms with Crippen LogP contribution in [0.5, 0.6) is 0 Å². The van der Waals surface area contributed by atoms with Crippen LogP contribution < -0.4 is 10.6 Å². The number of ether oxygens (including phenoxy) is 1. The first-order valence-electron chi connectivity index (χ1n) is 10.1. The fraction of sp³-hybridized carbons (Fsp3) is 0.421. The van der Waals surface area contributed by atoms with Crippen molar-refractivity contribution in [1.82, 2.24) is 24.7 Å². The van der Waals surface area contributed by atoms with Crippen molar-refractivity contribution in [1.29, 1.82) is 0 Å². The molecule has 34 heavy (non-hydrogen) atoms. The van der Waals surface area contributed by atoms with Gasteiger partial charge in [-0.25, -0.2) is 9.10 Å². The Morgan fingerprint density at radius 3 is 2.32 bits per heavy atom. The molecule has 2 aliphatic rings. The maximum Gasteiger partial charge on any atom is 0.362 e. The number of hydrogen-bond acceptors (Lipinski definition) is 8. The molecule has 0 bridgehead atoms. The molecule has 2 unspecified atom stereocenters. The van der Waals surface area contributed by atoms with E-state index in [0.717, 1.165) is 7.11 Å². The molecule has 2 heterocycles. The number of carbonyl (C=O) groups is 5. The maximum absolute atomic E-state index is 13.1. The molecule has 2 aliphatic heterocycles. The average molecular weight is 497 g/mol. The van der Waals surface area contributed by atoms with Crippen LogP contribution in [-0.4, -0.2) is 95.7 Å². The molecule has 2 fully saturated rings. The molecule has 0 aromatic heterocycles. The SMILES string of the molecule is CCN1CCN(C(=O)NC(C(=O)NC2(OC)CN(S(=O)(=O)O)C2=O)c2ccccc2)C(=O)C1=O. The molecule has 15 heteroatoms. The highest BCUT2D eigenvalue weighted by atomic mass is 32.2. The molecule has 6 amide bonds. The summed E-state index contributed by atoms with van der Waals surface area (Å²) in [5.41, 5.74) is -1.83. The Morgan fingerprint density at radius 1 is 1.15 bits per heavy atom. The van der Waals surface area contributed by atoms with E-state index in [1.54, 1.807) is 25.1 Å². The number of carbonyl (C=O) groups excluding carboxylic acids is 5. The summed E-state index contributed by atoms with van der Waals surface area (Å²) >= 11 is 0. The first kappa shape index (κ1) is 25.1. The van der Waals surface area contributed by atoms with Crippen LogP contribution in [0.3, 0.4) is 0 Å². The molecule has 0 radical (unpaired) electrons. The minimum absolute atomic E-state index is 0.0861. The van der Waals surface area contributed by atoms with Gasteiger partial charge in [-0.05, 0) is 12.5 Å². The second kappa shape index (κ2) is 9.36. The first-order valence-corrected chi connectivity index (χ1v) is 11.5. The van der Waals surface area contributed by atoms with Crippen molar-refractivity contribution in [2.45, 2.75) is 18.7 Å². The molecule has 0 spiro atoms. The summed E-state index contributed by atoms with van der Waals surface area (Å²) in [7, 11) is -3.80. The van der Waals surface area contributed by atoms with Crippen molar-refractivity contribution >= 4 is 40.0 Å². The van der Waals surface area contributed by atoms with Gasteiger partial charge in [0.05, 0.1) is 6.54 Å². The number of imide groups is 1. The lowest BCUT2D eigenvalue weighted by Gasteiger charge is -2.45. The van der Waals surface area contributed by atoms with E-state index in [4.69, 9.17) is 9.29 Å². The van der Waals surface area contributed by atoms with E-state index in [0.29, 0.717) is 11.4 Å². The van der Waals surface area contributed by atoms with Crippen LogP contribution in [-0.2, 0) is 34.2 Å². The maximum atomic E-state index is 13.1. The van der Waals surface area contributed by atoms with Gasteiger partial charge in [-0.15, -0.1) is 0 Å². The highest BCUT2D eigenvalue weighted by molar-refractivity contribution is 7.84. The summed E-state index contributed by atoms with van der Waals surface area (Å²) in [5, 5.41) is 4.63. The number of likely N-dealkylation sites (N-methyl/N-ethyl adjacent to an activating group) is 1. The van der Waals surface area contributed by atoms with Crippen molar-refractivity contribution in [2.75, 3.05) is 33.3 Å². The molecule has 2 saturated heterocycles. The van der Waals surface area contributed by atoms with Crippen molar-refractivity contribution in [3.63, 3.8) is 0 Å². The fourth-order valence-electron chi connectivity index (χ4n) is 3.52. The lowest BCUT2D eigenvalue weighted by Crippen LogP contribution is -2.76. The van der Waals surface area contributed by atoms with Crippen molar-refractivity contribution in [2.24, 2.45) is 0 Å². The number of nitrogens with zero attached hydrogens (tertiary/aromatic N) is 3. The predicted octanol–water partition coefficient (Wildman–Crippen LogP) is -1.77. The molecule has 1 aromatic carbocycles. The standard InChI is InChI=1S/C19H23N5O9S/c1-3-22-9-10-23(16(27)15(22)26)18(29)20-13(12-7-5-4-6-8-12)14(25)21-19(33-2)11-24(17(19)28)34(30,31)32/h4-8,13H,3,9-11H2,1-2H3,(H,20,29)(H,21,25)(H,30,31,32). The predicted molar refractivity (Wildman–Crippen MR) is 113 cm³/mol. The quantitative estimate of drug-likeness (QED) is 0.170. The van der Waals surface area contributed by atoms with Gasteiger partial charge in [-0.3, -0.25) is 28.6 Å². The van der Waals surface area contributed by atoms with Crippen LogP contribution in [0.25, 0.3) is 0 Å². The van der Waals surface area contributed by atoms with E-state index in [-0.39, 0.29) is 23.0 Å². The van der Waals surface area contributed by atoms with Crippen molar-refractivity contribution in [3.05, 3.63) is 35.9 Å². The molecule has 0 aliphatic carbocycles. The lowest BCUT2D eigenvalue weighted by molar-refractivity contribution is -0.180. The molecule has 3 rings (SSSR count). The van der Waals surface area contributed by atoms with E-state index < -0.39 is 58.3 Å². The number of rotatable bonds is 7. The van der Waals surface area contributed by atoms with E-state index in [1.165, 1.54) is 17.0 Å². The largest absolute Gasteiger partial charge is 0.362 e. The van der Waals surface area contributed by atoms with E-state index in [2.05, 4.69) is 10.6 Å². The molecular weight excluding hydrogens is 474 g/mol. The molecular formula is C19H23N5O9S. The summed E-state index contributed by atoms with van der Waals surface area (Å²) in [4.78, 5) is 64.7. The monoisotopic (exact) mass is 497 g/mol. The lowest BCUT2D eigenvalue weighted by atomic mass is 10.0. The molecule has 2 atom stereocenters. The molecule has 1 aromatic rings. The van der Waals surface area contributed by atoms with Gasteiger partial charge in [-0.2, -0.15) is 8.42 Å². The summed E-state index contributed by atoms with van der Waals surface area (Å²) < 4.78 is 36.7. The Bertz CT molecular complexity index is 1130. The number of urea groups is 1. The van der Waals surface area contributed by atoms with Crippen LogP contribution in [0.1, 0.15) is 18.5 Å². The number of piperazine rings is 1. The number of methoxy groups -OCH3 is 1. The van der Waals surface area contributed by atoms with Gasteiger partial charge in [0.1, 0.15) is 6.04 Å². The zero-order valence-corrected chi connectivity index (χ0v) is 19.1. The van der Waals surface area contributed by atoms with E-state index in [1.807, 2.05) is 0 Å². The smallest absolute Gasteiger partial charge is 0.349 e. The third kappa shape index (κ3) is 4.57. The number of amides is 6. The highest BCUT2D eigenvalue weighted by Crippen LogP contribution is 2.27. The topological polar surface area (TPSA) is 183 Å². The molecule has 14 nitrogen and oxygen atoms in total. The van der Waals surface area contributed by atoms with E-state index >= 15 is 0 Å². The fourth-order valence-corrected chi connectivity index (χ4v) is 4.22. The average Bonchev–Trinajstić information content (AvgIpc) is 2.80. The summed E-state index contributed by atoms with van der Waals surface area (Å²) in [6.07, 6.45) is 0. The highest BCUT2D eigenvalue weighted by Gasteiger charge is 2.59. The van der Waals surface area contributed by atoms with Crippen molar-refractivity contribution < 1.29 is 41.7 Å². The number of β-lactam (4-membered cyclic amide) rings is 1. The molecule has 0 saturated carbocycles. The van der Waals surface area contributed by atoms with E-state index in [9.17, 15) is 32.4 Å².